The van der Waals surface area contributed by atoms with E-state index in [1.807, 2.05) is 0 Å². The van der Waals surface area contributed by atoms with Gasteiger partial charge in [0, 0.05) is 16.7 Å². The molecule has 2 aromatic heterocycles. The van der Waals surface area contributed by atoms with Gasteiger partial charge in [0.15, 0.2) is 5.43 Å². The molecule has 2 aromatic carbocycles. The molecule has 4 rings (SSSR count). The van der Waals surface area contributed by atoms with Crippen molar-refractivity contribution >= 4 is 39.9 Å². The number of fused-ring (bicyclic) bond motifs is 1. The Morgan fingerprint density at radius 2 is 1.85 bits per heavy atom. The number of benzene rings is 2. The third kappa shape index (κ3) is 3.27. The van der Waals surface area contributed by atoms with Crippen molar-refractivity contribution in [1.82, 2.24) is 0 Å². The summed E-state index contributed by atoms with van der Waals surface area (Å²) in [6, 6.07) is 16.6. The van der Waals surface area contributed by atoms with Crippen LogP contribution in [0.25, 0.3) is 22.3 Å². The summed E-state index contributed by atoms with van der Waals surface area (Å²) in [4.78, 5) is 25.0. The van der Waals surface area contributed by atoms with Gasteiger partial charge in [-0.15, -0.1) is 11.3 Å². The Hall–Kier alpha value is -2.89. The molecule has 0 radical (unpaired) electrons. The maximum absolute atomic E-state index is 12.5. The normalized spacial score (nSPS) is 10.8. The molecule has 4 nitrogen and oxygen atoms in total. The van der Waals surface area contributed by atoms with Crippen molar-refractivity contribution in [2.75, 3.05) is 0 Å². The van der Waals surface area contributed by atoms with E-state index < -0.39 is 5.97 Å². The summed E-state index contributed by atoms with van der Waals surface area (Å²) >= 11 is 7.18. The van der Waals surface area contributed by atoms with Gasteiger partial charge in [0.1, 0.15) is 22.0 Å². The Balaban J connectivity index is 1.70. The van der Waals surface area contributed by atoms with E-state index in [9.17, 15) is 9.59 Å². The Labute approximate surface area is 157 Å². The molecule has 0 aliphatic carbocycles. The first-order chi connectivity index (χ1) is 12.6. The van der Waals surface area contributed by atoms with Crippen molar-refractivity contribution in [2.24, 2.45) is 0 Å². The van der Waals surface area contributed by atoms with Crippen LogP contribution >= 0.6 is 22.9 Å². The molecule has 6 heteroatoms. The minimum absolute atomic E-state index is 0.217. The second-order valence-electron chi connectivity index (χ2n) is 5.51. The van der Waals surface area contributed by atoms with Crippen LogP contribution in [0.5, 0.6) is 5.75 Å². The van der Waals surface area contributed by atoms with Crippen LogP contribution in [0.1, 0.15) is 9.67 Å². The molecule has 26 heavy (non-hydrogen) atoms. The minimum Gasteiger partial charge on any atom is -0.456 e. The third-order valence-corrected chi connectivity index (χ3v) is 4.86. The Bertz CT molecular complexity index is 1140. The number of halogens is 1. The molecular formula is C20H11ClO4S. The summed E-state index contributed by atoms with van der Waals surface area (Å²) < 4.78 is 11.1. The van der Waals surface area contributed by atoms with Gasteiger partial charge in [-0.05, 0) is 53.9 Å². The molecule has 0 amide bonds. The number of hydrogen-bond donors (Lipinski definition) is 0. The zero-order valence-corrected chi connectivity index (χ0v) is 14.8. The van der Waals surface area contributed by atoms with Crippen LogP contribution < -0.4 is 10.2 Å². The molecule has 0 bridgehead atoms. The lowest BCUT2D eigenvalue weighted by Gasteiger charge is -2.06. The lowest BCUT2D eigenvalue weighted by atomic mass is 10.1. The average molecular weight is 383 g/mol. The fraction of sp³-hybridized carbons (Fsp3) is 0. The number of hydrogen-bond acceptors (Lipinski definition) is 5. The highest BCUT2D eigenvalue weighted by molar-refractivity contribution is 7.12. The van der Waals surface area contributed by atoms with Crippen molar-refractivity contribution < 1.29 is 13.9 Å². The fourth-order valence-corrected chi connectivity index (χ4v) is 3.23. The van der Waals surface area contributed by atoms with Crippen molar-refractivity contribution in [3.05, 3.63) is 86.2 Å². The van der Waals surface area contributed by atoms with Gasteiger partial charge in [0.2, 0.25) is 0 Å². The summed E-state index contributed by atoms with van der Waals surface area (Å²) in [5.74, 6) is 0.284. The average Bonchev–Trinajstić information content (AvgIpc) is 3.17. The highest BCUT2D eigenvalue weighted by Crippen LogP contribution is 2.26. The van der Waals surface area contributed by atoms with Crippen LogP contribution in [0.4, 0.5) is 0 Å². The minimum atomic E-state index is -0.457. The number of thiophene rings is 1. The predicted octanol–water partition coefficient (Wildman–Crippen LogP) is 5.39. The number of carbonyl (C=O) groups excluding carboxylic acids is 1. The van der Waals surface area contributed by atoms with Crippen LogP contribution in [0.2, 0.25) is 5.02 Å². The molecule has 0 spiro atoms. The van der Waals surface area contributed by atoms with Crippen LogP contribution in [-0.2, 0) is 0 Å². The smallest absolute Gasteiger partial charge is 0.353 e. The summed E-state index contributed by atoms with van der Waals surface area (Å²) in [5, 5.41) is 2.75. The molecule has 128 valence electrons. The molecule has 4 aromatic rings. The van der Waals surface area contributed by atoms with E-state index in [0.29, 0.717) is 32.4 Å². The van der Waals surface area contributed by atoms with Gasteiger partial charge in [0.05, 0.1) is 5.39 Å². The fourth-order valence-electron chi connectivity index (χ4n) is 2.51. The number of esters is 1. The lowest BCUT2D eigenvalue weighted by molar-refractivity contribution is 0.0740. The van der Waals surface area contributed by atoms with Gasteiger partial charge in [-0.2, -0.15) is 0 Å². The Morgan fingerprint density at radius 1 is 1.04 bits per heavy atom. The van der Waals surface area contributed by atoms with Crippen LogP contribution in [-0.4, -0.2) is 5.97 Å². The SMILES string of the molecule is O=C(Oc1ccc2oc(-c3ccc(Cl)cc3)cc(=O)c2c1)c1cccs1. The molecular weight excluding hydrogens is 372 g/mol. The van der Waals surface area contributed by atoms with E-state index in [0.717, 1.165) is 5.56 Å². The van der Waals surface area contributed by atoms with E-state index in [-0.39, 0.29) is 5.43 Å². The largest absolute Gasteiger partial charge is 0.456 e. The predicted molar refractivity (Wildman–Crippen MR) is 102 cm³/mol. The first kappa shape index (κ1) is 16.6. The van der Waals surface area contributed by atoms with Gasteiger partial charge in [-0.25, -0.2) is 4.79 Å². The maximum Gasteiger partial charge on any atom is 0.353 e. The first-order valence-corrected chi connectivity index (χ1v) is 8.95. The third-order valence-electron chi connectivity index (χ3n) is 3.76. The van der Waals surface area contributed by atoms with Crippen LogP contribution in [0.15, 0.2) is 75.3 Å². The summed E-state index contributed by atoms with van der Waals surface area (Å²) in [5.41, 5.74) is 0.949. The van der Waals surface area contributed by atoms with E-state index in [4.69, 9.17) is 20.8 Å². The Kier molecular flexibility index (Phi) is 4.32. The molecule has 0 saturated heterocycles. The summed E-state index contributed by atoms with van der Waals surface area (Å²) in [6.07, 6.45) is 0. The van der Waals surface area contributed by atoms with Gasteiger partial charge >= 0.3 is 5.97 Å². The van der Waals surface area contributed by atoms with E-state index >= 15 is 0 Å². The molecule has 0 saturated carbocycles. The van der Waals surface area contributed by atoms with Gasteiger partial charge in [-0.3, -0.25) is 4.79 Å². The second kappa shape index (κ2) is 6.78. The van der Waals surface area contributed by atoms with Crippen molar-refractivity contribution in [3.8, 4) is 17.1 Å². The maximum atomic E-state index is 12.5. The number of ether oxygens (including phenoxy) is 1. The summed E-state index contributed by atoms with van der Waals surface area (Å²) in [7, 11) is 0. The molecule has 2 heterocycles. The molecule has 0 atom stereocenters. The molecule has 0 aliphatic rings. The number of rotatable bonds is 3. The first-order valence-electron chi connectivity index (χ1n) is 7.70. The van der Waals surface area contributed by atoms with Gasteiger partial charge in [-0.1, -0.05) is 17.7 Å². The molecule has 0 aliphatic heterocycles. The second-order valence-corrected chi connectivity index (χ2v) is 6.89. The van der Waals surface area contributed by atoms with Crippen LogP contribution in [0, 0.1) is 0 Å². The summed E-state index contributed by atoms with van der Waals surface area (Å²) in [6.45, 7) is 0. The highest BCUT2D eigenvalue weighted by atomic mass is 35.5. The topological polar surface area (TPSA) is 56.5 Å². The van der Waals surface area contributed by atoms with E-state index in [1.165, 1.54) is 23.5 Å². The Morgan fingerprint density at radius 3 is 2.58 bits per heavy atom. The monoisotopic (exact) mass is 382 g/mol. The number of carbonyl (C=O) groups is 1. The van der Waals surface area contributed by atoms with Crippen molar-refractivity contribution in [1.29, 1.82) is 0 Å². The lowest BCUT2D eigenvalue weighted by Crippen LogP contribution is -2.07. The standard InChI is InChI=1S/C20H11ClO4S/c21-13-5-3-12(4-6-13)18-11-16(22)15-10-14(7-8-17(15)25-18)24-20(23)19-2-1-9-26-19/h1-11H. The zero-order chi connectivity index (χ0) is 18.1. The highest BCUT2D eigenvalue weighted by Gasteiger charge is 2.12. The zero-order valence-electron chi connectivity index (χ0n) is 13.3. The quantitative estimate of drug-likeness (QED) is 0.352. The van der Waals surface area contributed by atoms with Gasteiger partial charge < -0.3 is 9.15 Å². The van der Waals surface area contributed by atoms with Crippen molar-refractivity contribution in [2.45, 2.75) is 0 Å². The van der Waals surface area contributed by atoms with Gasteiger partial charge in [0.25, 0.3) is 0 Å². The van der Waals surface area contributed by atoms with E-state index in [2.05, 4.69) is 0 Å². The van der Waals surface area contributed by atoms with Crippen LogP contribution in [0.3, 0.4) is 0 Å². The van der Waals surface area contributed by atoms with Crippen molar-refractivity contribution in [3.63, 3.8) is 0 Å². The molecule has 0 fully saturated rings. The van der Waals surface area contributed by atoms with E-state index in [1.54, 1.807) is 53.9 Å². The molecule has 0 unspecified atom stereocenters. The molecule has 0 N–H and O–H groups in total.